The highest BCUT2D eigenvalue weighted by molar-refractivity contribution is 5.85. The van der Waals surface area contributed by atoms with Crippen LogP contribution in [0.25, 0.3) is 0 Å². The number of carbonyl (C=O) groups excluding carboxylic acids is 1. The van der Waals surface area contributed by atoms with E-state index in [4.69, 9.17) is 4.74 Å². The van der Waals surface area contributed by atoms with E-state index in [0.29, 0.717) is 12.2 Å². The van der Waals surface area contributed by atoms with E-state index in [1.165, 1.54) is 5.56 Å². The number of hydrazine groups is 1. The molecule has 0 bridgehead atoms. The van der Waals surface area contributed by atoms with E-state index in [0.717, 1.165) is 16.9 Å². The van der Waals surface area contributed by atoms with Gasteiger partial charge >= 0.3 is 0 Å². The molecule has 2 unspecified atom stereocenters. The monoisotopic (exact) mass is 400 g/mol. The van der Waals surface area contributed by atoms with Crippen molar-refractivity contribution in [2.45, 2.75) is 25.4 Å². The first-order valence-electron chi connectivity index (χ1n) is 9.91. The summed E-state index contributed by atoms with van der Waals surface area (Å²) in [6, 6.07) is 25.2. The summed E-state index contributed by atoms with van der Waals surface area (Å²) in [5.41, 5.74) is 12.0. The van der Waals surface area contributed by atoms with E-state index >= 15 is 0 Å². The Morgan fingerprint density at radius 3 is 2.57 bits per heavy atom. The van der Waals surface area contributed by atoms with Crippen molar-refractivity contribution in [3.05, 3.63) is 95.6 Å². The highest BCUT2D eigenvalue weighted by Gasteiger charge is 2.29. The smallest absolute Gasteiger partial charge is 0.258 e. The quantitative estimate of drug-likeness (QED) is 0.434. The van der Waals surface area contributed by atoms with Crippen molar-refractivity contribution in [2.75, 3.05) is 0 Å². The van der Waals surface area contributed by atoms with Gasteiger partial charge in [0.05, 0.1) is 6.21 Å². The molecule has 2 atom stereocenters. The van der Waals surface area contributed by atoms with E-state index in [1.807, 2.05) is 54.6 Å². The van der Waals surface area contributed by atoms with Crippen molar-refractivity contribution in [1.82, 2.24) is 16.3 Å². The molecule has 1 aliphatic heterocycles. The van der Waals surface area contributed by atoms with Crippen molar-refractivity contribution in [1.29, 1.82) is 0 Å². The molecule has 1 amide bonds. The zero-order valence-electron chi connectivity index (χ0n) is 16.7. The molecule has 1 heterocycles. The predicted octanol–water partition coefficient (Wildman–Crippen LogP) is 3.85. The SMILES string of the molecule is Cc1ccc(C2CC(C(=O)N/N=C/c3cccc(Oc4ccccc4)c3)NN2)cc1. The lowest BCUT2D eigenvalue weighted by molar-refractivity contribution is -0.122. The molecule has 1 fully saturated rings. The highest BCUT2D eigenvalue weighted by atomic mass is 16.5. The molecule has 4 rings (SSSR count). The number of aryl methyl sites for hydroxylation is 1. The van der Waals surface area contributed by atoms with Crippen LogP contribution < -0.4 is 21.0 Å². The molecule has 6 heteroatoms. The summed E-state index contributed by atoms with van der Waals surface area (Å²) >= 11 is 0. The van der Waals surface area contributed by atoms with Crippen LogP contribution in [-0.2, 0) is 4.79 Å². The van der Waals surface area contributed by atoms with Gasteiger partial charge in [0.25, 0.3) is 5.91 Å². The molecule has 1 saturated heterocycles. The molecule has 0 saturated carbocycles. The zero-order valence-corrected chi connectivity index (χ0v) is 16.7. The first-order chi connectivity index (χ1) is 14.7. The molecule has 6 nitrogen and oxygen atoms in total. The summed E-state index contributed by atoms with van der Waals surface area (Å²) in [7, 11) is 0. The van der Waals surface area contributed by atoms with E-state index in [1.54, 1.807) is 6.21 Å². The van der Waals surface area contributed by atoms with Gasteiger partial charge in [0.2, 0.25) is 0 Å². The molecule has 0 radical (unpaired) electrons. The van der Waals surface area contributed by atoms with Gasteiger partial charge in [-0.15, -0.1) is 0 Å². The number of nitrogens with one attached hydrogen (secondary N) is 3. The van der Waals surface area contributed by atoms with Crippen LogP contribution in [0.4, 0.5) is 0 Å². The number of ether oxygens (including phenoxy) is 1. The third-order valence-corrected chi connectivity index (χ3v) is 4.92. The van der Waals surface area contributed by atoms with Gasteiger partial charge in [-0.25, -0.2) is 16.3 Å². The fraction of sp³-hybridized carbons (Fsp3) is 0.167. The average Bonchev–Trinajstić information content (AvgIpc) is 3.26. The van der Waals surface area contributed by atoms with Crippen molar-refractivity contribution < 1.29 is 9.53 Å². The Bertz CT molecular complexity index is 1020. The number of nitrogens with zero attached hydrogens (tertiary/aromatic N) is 1. The summed E-state index contributed by atoms with van der Waals surface area (Å²) < 4.78 is 5.82. The molecule has 0 spiro atoms. The Kier molecular flexibility index (Phi) is 6.17. The fourth-order valence-corrected chi connectivity index (χ4v) is 3.28. The van der Waals surface area contributed by atoms with Gasteiger partial charge in [-0.3, -0.25) is 4.79 Å². The molecule has 0 aromatic heterocycles. The summed E-state index contributed by atoms with van der Waals surface area (Å²) in [6.45, 7) is 2.06. The minimum atomic E-state index is -0.346. The second-order valence-corrected chi connectivity index (χ2v) is 7.26. The third kappa shape index (κ3) is 5.11. The Morgan fingerprint density at radius 2 is 1.77 bits per heavy atom. The lowest BCUT2D eigenvalue weighted by atomic mass is 10.0. The molecule has 3 N–H and O–H groups in total. The van der Waals surface area contributed by atoms with Crippen LogP contribution >= 0.6 is 0 Å². The number of hydrazone groups is 1. The van der Waals surface area contributed by atoms with Crippen LogP contribution in [0.15, 0.2) is 84.0 Å². The summed E-state index contributed by atoms with van der Waals surface area (Å²) in [5.74, 6) is 1.30. The normalized spacial score (nSPS) is 18.4. The lowest BCUT2D eigenvalue weighted by Gasteiger charge is -2.09. The number of para-hydroxylation sites is 1. The van der Waals surface area contributed by atoms with E-state index in [-0.39, 0.29) is 18.0 Å². The highest BCUT2D eigenvalue weighted by Crippen LogP contribution is 2.23. The Balaban J connectivity index is 1.31. The number of amides is 1. The van der Waals surface area contributed by atoms with E-state index in [9.17, 15) is 4.79 Å². The maximum atomic E-state index is 12.4. The molecule has 30 heavy (non-hydrogen) atoms. The molecule has 1 aliphatic rings. The van der Waals surface area contributed by atoms with Gasteiger partial charge in [-0.05, 0) is 48.7 Å². The maximum absolute atomic E-state index is 12.4. The summed E-state index contributed by atoms with van der Waals surface area (Å²) in [4.78, 5) is 12.4. The summed E-state index contributed by atoms with van der Waals surface area (Å²) in [5, 5.41) is 4.10. The number of benzene rings is 3. The summed E-state index contributed by atoms with van der Waals surface area (Å²) in [6.07, 6.45) is 2.26. The van der Waals surface area contributed by atoms with Gasteiger partial charge in [0, 0.05) is 6.04 Å². The van der Waals surface area contributed by atoms with Crippen molar-refractivity contribution in [2.24, 2.45) is 5.10 Å². The first kappa shape index (κ1) is 19.8. The van der Waals surface area contributed by atoms with Crippen LogP contribution in [0.3, 0.4) is 0 Å². The predicted molar refractivity (Wildman–Crippen MR) is 117 cm³/mol. The van der Waals surface area contributed by atoms with Gasteiger partial charge < -0.3 is 4.74 Å². The van der Waals surface area contributed by atoms with Gasteiger partial charge in [0.1, 0.15) is 17.5 Å². The Labute approximate surface area is 175 Å². The molecule has 152 valence electrons. The third-order valence-electron chi connectivity index (χ3n) is 4.92. The first-order valence-corrected chi connectivity index (χ1v) is 9.91. The standard InChI is InChI=1S/C24H24N4O2/c1-17-10-12-19(13-11-17)22-15-23(27-26-22)24(29)28-25-16-18-6-5-9-21(14-18)30-20-7-3-2-4-8-20/h2-14,16,22-23,26-27H,15H2,1H3,(H,28,29)/b25-16+. The maximum Gasteiger partial charge on any atom is 0.258 e. The van der Waals surface area contributed by atoms with Crippen LogP contribution in [0.5, 0.6) is 11.5 Å². The van der Waals surface area contributed by atoms with Crippen LogP contribution in [0, 0.1) is 6.92 Å². The molecule has 3 aromatic rings. The minimum absolute atomic E-state index is 0.0946. The van der Waals surface area contributed by atoms with Gasteiger partial charge in [0.15, 0.2) is 0 Å². The Hall–Kier alpha value is -3.48. The van der Waals surface area contributed by atoms with Crippen LogP contribution in [0.1, 0.15) is 29.2 Å². The van der Waals surface area contributed by atoms with Gasteiger partial charge in [-0.1, -0.05) is 60.2 Å². The van der Waals surface area contributed by atoms with Crippen molar-refractivity contribution in [3.8, 4) is 11.5 Å². The molecule has 0 aliphatic carbocycles. The largest absolute Gasteiger partial charge is 0.457 e. The second-order valence-electron chi connectivity index (χ2n) is 7.26. The Morgan fingerprint density at radius 1 is 1.00 bits per heavy atom. The number of hydrogen-bond acceptors (Lipinski definition) is 5. The molecule has 3 aromatic carbocycles. The number of carbonyl (C=O) groups is 1. The zero-order chi connectivity index (χ0) is 20.8. The minimum Gasteiger partial charge on any atom is -0.457 e. The van der Waals surface area contributed by atoms with E-state index < -0.39 is 0 Å². The second kappa shape index (κ2) is 9.35. The average molecular weight is 400 g/mol. The van der Waals surface area contributed by atoms with Crippen LogP contribution in [0.2, 0.25) is 0 Å². The van der Waals surface area contributed by atoms with Crippen molar-refractivity contribution in [3.63, 3.8) is 0 Å². The number of hydrogen-bond donors (Lipinski definition) is 3. The topological polar surface area (TPSA) is 74.8 Å². The fourth-order valence-electron chi connectivity index (χ4n) is 3.28. The van der Waals surface area contributed by atoms with Crippen molar-refractivity contribution >= 4 is 12.1 Å². The molecular formula is C24H24N4O2. The molecular weight excluding hydrogens is 376 g/mol. The number of rotatable bonds is 6. The van der Waals surface area contributed by atoms with Gasteiger partial charge in [-0.2, -0.15) is 5.10 Å². The lowest BCUT2D eigenvalue weighted by Crippen LogP contribution is -2.41. The van der Waals surface area contributed by atoms with Crippen LogP contribution in [-0.4, -0.2) is 18.2 Å². The van der Waals surface area contributed by atoms with E-state index in [2.05, 4.69) is 52.6 Å².